The Hall–Kier alpha value is -3.03. The molecule has 0 radical (unpaired) electrons. The van der Waals surface area contributed by atoms with E-state index in [0.717, 1.165) is 10.9 Å². The van der Waals surface area contributed by atoms with Crippen LogP contribution >= 0.6 is 23.2 Å². The van der Waals surface area contributed by atoms with E-state index in [1.807, 2.05) is 0 Å². The molecule has 0 spiro atoms. The smallest absolute Gasteiger partial charge is 0.344 e. The molecular weight excluding hydrogens is 421 g/mol. The number of nitrogens with one attached hydrogen (secondary N) is 1. The summed E-state index contributed by atoms with van der Waals surface area (Å²) in [5.74, 6) is -0.955. The average molecular weight is 436 g/mol. The van der Waals surface area contributed by atoms with Gasteiger partial charge in [0, 0.05) is 23.2 Å². The summed E-state index contributed by atoms with van der Waals surface area (Å²) in [6.45, 7) is 0.885. The topological polar surface area (TPSA) is 94.8 Å². The van der Waals surface area contributed by atoms with Crippen LogP contribution in [-0.4, -0.2) is 25.1 Å². The van der Waals surface area contributed by atoms with Crippen LogP contribution in [0.2, 0.25) is 10.0 Å². The fourth-order valence-electron chi connectivity index (χ4n) is 2.50. The second-order valence-electron chi connectivity index (χ2n) is 6.03. The zero-order valence-corrected chi connectivity index (χ0v) is 16.7. The van der Waals surface area contributed by atoms with Gasteiger partial charge >= 0.3 is 11.6 Å². The lowest BCUT2D eigenvalue weighted by Crippen LogP contribution is -2.23. The van der Waals surface area contributed by atoms with Crippen LogP contribution in [0.3, 0.4) is 0 Å². The number of carbonyl (C=O) groups is 2. The number of hydrogen-bond acceptors (Lipinski definition) is 6. The average Bonchev–Trinajstić information content (AvgIpc) is 2.67. The largest absolute Gasteiger partial charge is 0.482 e. The number of esters is 1. The maximum absolute atomic E-state index is 11.9. The maximum atomic E-state index is 11.9. The van der Waals surface area contributed by atoms with E-state index >= 15 is 0 Å². The van der Waals surface area contributed by atoms with E-state index < -0.39 is 30.7 Å². The molecule has 7 nitrogen and oxygen atoms in total. The molecule has 3 aromatic rings. The van der Waals surface area contributed by atoms with Crippen molar-refractivity contribution in [3.63, 3.8) is 0 Å². The zero-order chi connectivity index (χ0) is 21.0. The van der Waals surface area contributed by atoms with Crippen molar-refractivity contribution in [2.75, 3.05) is 18.5 Å². The third-order valence-corrected chi connectivity index (χ3v) is 4.59. The van der Waals surface area contributed by atoms with Gasteiger partial charge in [0.1, 0.15) is 11.3 Å². The second kappa shape index (κ2) is 8.98. The first-order chi connectivity index (χ1) is 13.8. The van der Waals surface area contributed by atoms with Crippen molar-refractivity contribution < 1.29 is 23.5 Å². The molecule has 0 bridgehead atoms. The molecule has 0 aliphatic rings. The van der Waals surface area contributed by atoms with Crippen LogP contribution in [-0.2, 0) is 14.3 Å². The summed E-state index contributed by atoms with van der Waals surface area (Å²) >= 11 is 11.7. The number of ether oxygens (including phenoxy) is 2. The monoisotopic (exact) mass is 435 g/mol. The number of amides is 1. The van der Waals surface area contributed by atoms with Crippen molar-refractivity contribution in [2.24, 2.45) is 0 Å². The van der Waals surface area contributed by atoms with Crippen molar-refractivity contribution >= 4 is 51.7 Å². The molecule has 9 heteroatoms. The van der Waals surface area contributed by atoms with Gasteiger partial charge in [0.05, 0.1) is 10.0 Å². The molecular formula is C20H15Cl2NO6. The third-order valence-electron chi connectivity index (χ3n) is 3.85. The van der Waals surface area contributed by atoms with Crippen LogP contribution in [0, 0.1) is 6.92 Å². The molecule has 1 N–H and O–H groups in total. The zero-order valence-electron chi connectivity index (χ0n) is 15.2. The van der Waals surface area contributed by atoms with Gasteiger partial charge in [0.15, 0.2) is 13.2 Å². The molecule has 1 amide bonds. The molecule has 0 aliphatic carbocycles. The van der Waals surface area contributed by atoms with Crippen LogP contribution in [0.1, 0.15) is 5.56 Å². The van der Waals surface area contributed by atoms with E-state index in [-0.39, 0.29) is 5.02 Å². The van der Waals surface area contributed by atoms with Crippen LogP contribution in [0.5, 0.6) is 5.75 Å². The molecule has 0 saturated heterocycles. The Labute approximate surface area is 175 Å². The summed E-state index contributed by atoms with van der Waals surface area (Å²) in [5, 5.41) is 3.94. The Morgan fingerprint density at radius 1 is 1.03 bits per heavy atom. The summed E-state index contributed by atoms with van der Waals surface area (Å²) in [7, 11) is 0. The maximum Gasteiger partial charge on any atom is 0.344 e. The fourth-order valence-corrected chi connectivity index (χ4v) is 2.79. The molecule has 0 aliphatic heterocycles. The van der Waals surface area contributed by atoms with Crippen molar-refractivity contribution in [2.45, 2.75) is 6.92 Å². The summed E-state index contributed by atoms with van der Waals surface area (Å²) in [6.07, 6.45) is 0. The molecule has 29 heavy (non-hydrogen) atoms. The summed E-state index contributed by atoms with van der Waals surface area (Å²) in [5.41, 5.74) is 1.07. The summed E-state index contributed by atoms with van der Waals surface area (Å²) in [4.78, 5) is 35.1. The number of hydrogen-bond donors (Lipinski definition) is 1. The Morgan fingerprint density at radius 3 is 2.59 bits per heavy atom. The Balaban J connectivity index is 1.50. The molecule has 0 fully saturated rings. The highest BCUT2D eigenvalue weighted by Gasteiger charge is 2.11. The number of carbonyl (C=O) groups excluding carboxylic acids is 2. The number of rotatable bonds is 6. The van der Waals surface area contributed by atoms with Gasteiger partial charge in [-0.05, 0) is 42.8 Å². The predicted molar refractivity (Wildman–Crippen MR) is 109 cm³/mol. The van der Waals surface area contributed by atoms with Crippen LogP contribution in [0.15, 0.2) is 51.7 Å². The fraction of sp³-hybridized carbons (Fsp3) is 0.150. The highest BCUT2D eigenvalue weighted by Crippen LogP contribution is 2.25. The molecule has 1 aromatic heterocycles. The molecule has 0 unspecified atom stereocenters. The minimum atomic E-state index is -0.736. The van der Waals surface area contributed by atoms with Gasteiger partial charge in [-0.2, -0.15) is 0 Å². The Bertz CT molecular complexity index is 1140. The first kappa shape index (κ1) is 20.7. The van der Waals surface area contributed by atoms with E-state index in [2.05, 4.69) is 5.32 Å². The Kier molecular flexibility index (Phi) is 6.41. The molecule has 3 rings (SSSR count). The lowest BCUT2D eigenvalue weighted by atomic mass is 10.1. The quantitative estimate of drug-likeness (QED) is 0.464. The van der Waals surface area contributed by atoms with E-state index in [0.29, 0.717) is 22.0 Å². The minimum absolute atomic E-state index is 0.288. The minimum Gasteiger partial charge on any atom is -0.482 e. The predicted octanol–water partition coefficient (Wildman–Crippen LogP) is 3.97. The van der Waals surface area contributed by atoms with Crippen molar-refractivity contribution in [1.82, 2.24) is 0 Å². The normalized spacial score (nSPS) is 10.6. The van der Waals surface area contributed by atoms with Crippen LogP contribution < -0.4 is 15.7 Å². The van der Waals surface area contributed by atoms with Gasteiger partial charge in [-0.1, -0.05) is 23.2 Å². The summed E-state index contributed by atoms with van der Waals surface area (Å²) in [6, 6.07) is 10.8. The first-order valence-electron chi connectivity index (χ1n) is 8.39. The van der Waals surface area contributed by atoms with E-state index in [9.17, 15) is 14.4 Å². The van der Waals surface area contributed by atoms with Gasteiger partial charge in [0.25, 0.3) is 5.91 Å². The van der Waals surface area contributed by atoms with Gasteiger partial charge in [-0.25, -0.2) is 9.59 Å². The number of benzene rings is 2. The molecule has 2 aromatic carbocycles. The SMILES string of the molecule is Cc1cc(=O)oc2cc(OCC(=O)OCC(=O)Nc3ccc(Cl)c(Cl)c3)ccc12. The van der Waals surface area contributed by atoms with Gasteiger partial charge in [-0.15, -0.1) is 0 Å². The first-order valence-corrected chi connectivity index (χ1v) is 9.15. The number of fused-ring (bicyclic) bond motifs is 1. The van der Waals surface area contributed by atoms with Gasteiger partial charge < -0.3 is 19.2 Å². The highest BCUT2D eigenvalue weighted by molar-refractivity contribution is 6.42. The molecule has 0 atom stereocenters. The third kappa shape index (κ3) is 5.49. The molecule has 150 valence electrons. The van der Waals surface area contributed by atoms with E-state index in [1.165, 1.54) is 24.3 Å². The van der Waals surface area contributed by atoms with Crippen LogP contribution in [0.25, 0.3) is 11.0 Å². The van der Waals surface area contributed by atoms with Crippen molar-refractivity contribution in [3.05, 3.63) is 68.5 Å². The summed E-state index contributed by atoms with van der Waals surface area (Å²) < 4.78 is 15.3. The number of anilines is 1. The lowest BCUT2D eigenvalue weighted by molar-refractivity contribution is -0.149. The second-order valence-corrected chi connectivity index (χ2v) is 6.85. The number of halogens is 2. The number of aryl methyl sites for hydroxylation is 1. The highest BCUT2D eigenvalue weighted by atomic mass is 35.5. The molecule has 1 heterocycles. The van der Waals surface area contributed by atoms with E-state index in [1.54, 1.807) is 25.1 Å². The molecule has 0 saturated carbocycles. The van der Waals surface area contributed by atoms with Crippen molar-refractivity contribution in [3.8, 4) is 5.75 Å². The van der Waals surface area contributed by atoms with E-state index in [4.69, 9.17) is 37.1 Å². The Morgan fingerprint density at radius 2 is 1.83 bits per heavy atom. The van der Waals surface area contributed by atoms with Gasteiger partial charge in [-0.3, -0.25) is 4.79 Å². The van der Waals surface area contributed by atoms with Crippen LogP contribution in [0.4, 0.5) is 5.69 Å². The standard InChI is InChI=1S/C20H15Cl2NO6/c1-11-6-19(25)29-17-8-13(3-4-14(11)17)27-10-20(26)28-9-18(24)23-12-2-5-15(21)16(22)7-12/h2-8H,9-10H2,1H3,(H,23,24). The van der Waals surface area contributed by atoms with Gasteiger partial charge in [0.2, 0.25) is 0 Å². The van der Waals surface area contributed by atoms with Crippen molar-refractivity contribution in [1.29, 1.82) is 0 Å². The lowest BCUT2D eigenvalue weighted by Gasteiger charge is -2.09.